The van der Waals surface area contributed by atoms with E-state index in [0.29, 0.717) is 0 Å². The van der Waals surface area contributed by atoms with Crippen LogP contribution < -0.4 is 5.32 Å². The molecule has 0 aliphatic heterocycles. The lowest BCUT2D eigenvalue weighted by Gasteiger charge is -2.09. The van der Waals surface area contributed by atoms with Crippen LogP contribution in [0.5, 0.6) is 0 Å². The molecule has 3 heteroatoms. The summed E-state index contributed by atoms with van der Waals surface area (Å²) in [6, 6.07) is 16.6. The van der Waals surface area contributed by atoms with Crippen LogP contribution in [0.4, 0.5) is 11.4 Å². The Morgan fingerprint density at radius 3 is 2.45 bits per heavy atom. The third kappa shape index (κ3) is 2.57. The molecule has 0 radical (unpaired) electrons. The smallest absolute Gasteiger partial charge is 0.0568 e. The van der Waals surface area contributed by atoms with Crippen LogP contribution in [0.1, 0.15) is 5.56 Å². The lowest BCUT2D eigenvalue weighted by atomic mass is 10.0. The SMILES string of the molecule is Cc1cc(Nc2ccccc2)ccc1-c1cnn(C)c1. The largest absolute Gasteiger partial charge is 0.356 e. The van der Waals surface area contributed by atoms with E-state index >= 15 is 0 Å². The Kier molecular flexibility index (Phi) is 3.25. The normalized spacial score (nSPS) is 10.5. The summed E-state index contributed by atoms with van der Waals surface area (Å²) in [6.07, 6.45) is 3.93. The third-order valence-corrected chi connectivity index (χ3v) is 3.30. The van der Waals surface area contributed by atoms with Gasteiger partial charge in [-0.3, -0.25) is 4.68 Å². The number of aromatic nitrogens is 2. The van der Waals surface area contributed by atoms with Crippen LogP contribution >= 0.6 is 0 Å². The van der Waals surface area contributed by atoms with Crippen LogP contribution in [0.3, 0.4) is 0 Å². The van der Waals surface area contributed by atoms with E-state index in [1.54, 1.807) is 0 Å². The molecule has 0 aliphatic carbocycles. The highest BCUT2D eigenvalue weighted by Crippen LogP contribution is 2.26. The van der Waals surface area contributed by atoms with Gasteiger partial charge in [-0.1, -0.05) is 24.3 Å². The van der Waals surface area contributed by atoms with Crippen LogP contribution in [0.15, 0.2) is 60.9 Å². The number of anilines is 2. The first-order valence-corrected chi connectivity index (χ1v) is 6.64. The lowest BCUT2D eigenvalue weighted by Crippen LogP contribution is -1.91. The van der Waals surface area contributed by atoms with Crippen molar-refractivity contribution in [3.05, 3.63) is 66.5 Å². The summed E-state index contributed by atoms with van der Waals surface area (Å²) in [6.45, 7) is 2.12. The number of nitrogens with zero attached hydrogens (tertiary/aromatic N) is 2. The van der Waals surface area contributed by atoms with E-state index in [9.17, 15) is 0 Å². The van der Waals surface area contributed by atoms with Crippen molar-refractivity contribution in [3.63, 3.8) is 0 Å². The number of benzene rings is 2. The number of hydrogen-bond donors (Lipinski definition) is 1. The minimum absolute atomic E-state index is 1.10. The molecule has 0 bridgehead atoms. The van der Waals surface area contributed by atoms with Crippen molar-refractivity contribution in [1.29, 1.82) is 0 Å². The number of aryl methyl sites for hydroxylation is 2. The molecule has 3 aromatic rings. The molecule has 0 saturated carbocycles. The van der Waals surface area contributed by atoms with Gasteiger partial charge in [0.2, 0.25) is 0 Å². The number of para-hydroxylation sites is 1. The second-order valence-electron chi connectivity index (χ2n) is 4.92. The topological polar surface area (TPSA) is 29.9 Å². The second-order valence-corrected chi connectivity index (χ2v) is 4.92. The van der Waals surface area contributed by atoms with Gasteiger partial charge in [-0.2, -0.15) is 5.10 Å². The lowest BCUT2D eigenvalue weighted by molar-refractivity contribution is 0.768. The molecule has 0 spiro atoms. The second kappa shape index (κ2) is 5.21. The quantitative estimate of drug-likeness (QED) is 0.769. The monoisotopic (exact) mass is 263 g/mol. The zero-order valence-corrected chi connectivity index (χ0v) is 11.7. The maximum absolute atomic E-state index is 4.23. The molecule has 0 aliphatic rings. The van der Waals surface area contributed by atoms with E-state index in [2.05, 4.69) is 47.7 Å². The van der Waals surface area contributed by atoms with Gasteiger partial charge in [0.25, 0.3) is 0 Å². The Balaban J connectivity index is 1.88. The first kappa shape index (κ1) is 12.5. The van der Waals surface area contributed by atoms with Gasteiger partial charge in [0.1, 0.15) is 0 Å². The summed E-state index contributed by atoms with van der Waals surface area (Å²) in [4.78, 5) is 0. The molecule has 0 atom stereocenters. The number of nitrogens with one attached hydrogen (secondary N) is 1. The van der Waals surface area contributed by atoms with Crippen molar-refractivity contribution in [3.8, 4) is 11.1 Å². The minimum atomic E-state index is 1.10. The molecule has 0 fully saturated rings. The Hall–Kier alpha value is -2.55. The van der Waals surface area contributed by atoms with E-state index < -0.39 is 0 Å². The van der Waals surface area contributed by atoms with E-state index in [4.69, 9.17) is 0 Å². The molecule has 2 aromatic carbocycles. The molecule has 1 heterocycles. The van der Waals surface area contributed by atoms with Gasteiger partial charge >= 0.3 is 0 Å². The standard InChI is InChI=1S/C17H17N3/c1-13-10-16(19-15-6-4-3-5-7-15)8-9-17(13)14-11-18-20(2)12-14/h3-12,19H,1-2H3. The molecule has 1 aromatic heterocycles. The summed E-state index contributed by atoms with van der Waals surface area (Å²) in [5, 5.41) is 7.63. The van der Waals surface area contributed by atoms with Gasteiger partial charge in [0, 0.05) is 30.2 Å². The average molecular weight is 263 g/mol. The van der Waals surface area contributed by atoms with Gasteiger partial charge in [-0.05, 0) is 42.3 Å². The summed E-state index contributed by atoms with van der Waals surface area (Å²) in [5.41, 5.74) is 5.80. The van der Waals surface area contributed by atoms with Gasteiger partial charge in [-0.15, -0.1) is 0 Å². The van der Waals surface area contributed by atoms with Gasteiger partial charge in [0.05, 0.1) is 6.20 Å². The van der Waals surface area contributed by atoms with Crippen molar-refractivity contribution in [2.75, 3.05) is 5.32 Å². The van der Waals surface area contributed by atoms with Crippen LogP contribution in [0.2, 0.25) is 0 Å². The number of hydrogen-bond acceptors (Lipinski definition) is 2. The van der Waals surface area contributed by atoms with Crippen molar-refractivity contribution in [2.45, 2.75) is 6.92 Å². The fourth-order valence-corrected chi connectivity index (χ4v) is 2.31. The van der Waals surface area contributed by atoms with Gasteiger partial charge in [-0.25, -0.2) is 0 Å². The Morgan fingerprint density at radius 2 is 1.80 bits per heavy atom. The summed E-state index contributed by atoms with van der Waals surface area (Å²) < 4.78 is 1.82. The maximum atomic E-state index is 4.23. The van der Waals surface area contributed by atoms with Crippen molar-refractivity contribution in [2.24, 2.45) is 7.05 Å². The summed E-state index contributed by atoms with van der Waals surface area (Å²) in [7, 11) is 1.93. The Morgan fingerprint density at radius 1 is 1.00 bits per heavy atom. The summed E-state index contributed by atoms with van der Waals surface area (Å²) in [5.74, 6) is 0. The number of rotatable bonds is 3. The first-order valence-electron chi connectivity index (χ1n) is 6.64. The molecule has 3 rings (SSSR count). The Bertz CT molecular complexity index is 714. The molecule has 0 saturated heterocycles. The van der Waals surface area contributed by atoms with Crippen LogP contribution in [0, 0.1) is 6.92 Å². The predicted octanol–water partition coefficient (Wildman–Crippen LogP) is 4.14. The van der Waals surface area contributed by atoms with E-state index in [1.165, 1.54) is 11.1 Å². The van der Waals surface area contributed by atoms with E-state index in [-0.39, 0.29) is 0 Å². The van der Waals surface area contributed by atoms with Crippen LogP contribution in [-0.4, -0.2) is 9.78 Å². The first-order chi connectivity index (χ1) is 9.72. The molecule has 0 amide bonds. The molecular formula is C17H17N3. The highest BCUT2D eigenvalue weighted by atomic mass is 15.2. The maximum Gasteiger partial charge on any atom is 0.0568 e. The minimum Gasteiger partial charge on any atom is -0.356 e. The summed E-state index contributed by atoms with van der Waals surface area (Å²) >= 11 is 0. The third-order valence-electron chi connectivity index (χ3n) is 3.30. The van der Waals surface area contributed by atoms with Crippen LogP contribution in [-0.2, 0) is 7.05 Å². The van der Waals surface area contributed by atoms with Gasteiger partial charge in [0.15, 0.2) is 0 Å². The molecular weight excluding hydrogens is 246 g/mol. The van der Waals surface area contributed by atoms with Crippen molar-refractivity contribution >= 4 is 11.4 Å². The molecule has 3 nitrogen and oxygen atoms in total. The fourth-order valence-electron chi connectivity index (χ4n) is 2.31. The molecule has 0 unspecified atom stereocenters. The predicted molar refractivity (Wildman–Crippen MR) is 83.1 cm³/mol. The van der Waals surface area contributed by atoms with Crippen LogP contribution in [0.25, 0.3) is 11.1 Å². The fraction of sp³-hybridized carbons (Fsp3) is 0.118. The molecule has 20 heavy (non-hydrogen) atoms. The van der Waals surface area contributed by atoms with E-state index in [1.807, 2.05) is 42.3 Å². The molecule has 1 N–H and O–H groups in total. The highest BCUT2D eigenvalue weighted by molar-refractivity contribution is 5.71. The highest BCUT2D eigenvalue weighted by Gasteiger charge is 2.05. The zero-order chi connectivity index (χ0) is 13.9. The van der Waals surface area contributed by atoms with Gasteiger partial charge < -0.3 is 5.32 Å². The average Bonchev–Trinajstić information content (AvgIpc) is 2.86. The molecule has 100 valence electrons. The van der Waals surface area contributed by atoms with Crippen molar-refractivity contribution < 1.29 is 0 Å². The van der Waals surface area contributed by atoms with Crippen molar-refractivity contribution in [1.82, 2.24) is 9.78 Å². The Labute approximate surface area is 118 Å². The van der Waals surface area contributed by atoms with E-state index in [0.717, 1.165) is 16.9 Å². The zero-order valence-electron chi connectivity index (χ0n) is 11.7.